The Bertz CT molecular complexity index is 619. The topological polar surface area (TPSA) is 102 Å². The van der Waals surface area contributed by atoms with Crippen LogP contribution in [0.3, 0.4) is 0 Å². The van der Waals surface area contributed by atoms with Crippen LogP contribution >= 0.6 is 0 Å². The summed E-state index contributed by atoms with van der Waals surface area (Å²) in [6.45, 7) is 1.81. The van der Waals surface area contributed by atoms with Crippen LogP contribution in [0.15, 0.2) is 24.3 Å². The molecular formula is C12H14N6O2. The number of aromatic nitrogens is 4. The molecule has 3 amide bonds. The highest BCUT2D eigenvalue weighted by Gasteiger charge is 2.10. The molecule has 20 heavy (non-hydrogen) atoms. The Morgan fingerprint density at radius 2 is 1.95 bits per heavy atom. The molecule has 0 aliphatic rings. The Kier molecular flexibility index (Phi) is 4.04. The summed E-state index contributed by atoms with van der Waals surface area (Å²) in [5.74, 6) is -0.0880. The van der Waals surface area contributed by atoms with E-state index in [0.29, 0.717) is 5.82 Å². The number of nitrogens with one attached hydrogen (secondary N) is 2. The molecule has 1 aromatic carbocycles. The zero-order valence-corrected chi connectivity index (χ0v) is 11.1. The lowest BCUT2D eigenvalue weighted by atomic mass is 10.1. The molecule has 0 aliphatic carbocycles. The van der Waals surface area contributed by atoms with Gasteiger partial charge in [0.25, 0.3) is 5.91 Å². The number of urea groups is 1. The first-order chi connectivity index (χ1) is 9.58. The van der Waals surface area contributed by atoms with E-state index in [4.69, 9.17) is 0 Å². The van der Waals surface area contributed by atoms with Crippen LogP contribution in [-0.4, -0.2) is 39.2 Å². The lowest BCUT2D eigenvalue weighted by molar-refractivity contribution is -0.121. The number of rotatable bonds is 3. The summed E-state index contributed by atoms with van der Waals surface area (Å²) in [4.78, 5) is 23.6. The number of carbonyl (C=O) groups is 2. The van der Waals surface area contributed by atoms with Crippen molar-refractivity contribution in [3.05, 3.63) is 29.8 Å². The summed E-state index contributed by atoms with van der Waals surface area (Å²) in [6.07, 6.45) is 0. The average Bonchev–Trinajstić information content (AvgIpc) is 2.87. The molecule has 0 saturated carbocycles. The van der Waals surface area contributed by atoms with Crippen LogP contribution in [0.2, 0.25) is 0 Å². The lowest BCUT2D eigenvalue weighted by Crippen LogP contribution is -2.39. The van der Waals surface area contributed by atoms with E-state index in [1.165, 1.54) is 7.05 Å². The zero-order chi connectivity index (χ0) is 14.5. The minimum absolute atomic E-state index is 0.174. The molecule has 104 valence electrons. The number of tetrazole rings is 1. The van der Waals surface area contributed by atoms with E-state index in [1.54, 1.807) is 0 Å². The van der Waals surface area contributed by atoms with E-state index < -0.39 is 11.9 Å². The molecule has 0 radical (unpaired) electrons. The molecule has 2 rings (SSSR count). The number of amides is 3. The maximum absolute atomic E-state index is 11.5. The molecule has 0 fully saturated rings. The SMILES string of the molecule is CNC(=O)NC(=O)Cn1nnc(-c2ccc(C)cc2)n1. The number of hydrogen-bond acceptors (Lipinski definition) is 5. The molecule has 8 nitrogen and oxygen atoms in total. The highest BCUT2D eigenvalue weighted by atomic mass is 16.2. The summed E-state index contributed by atoms with van der Waals surface area (Å²) >= 11 is 0. The van der Waals surface area contributed by atoms with Gasteiger partial charge in [0, 0.05) is 12.6 Å². The van der Waals surface area contributed by atoms with Crippen LogP contribution in [0, 0.1) is 6.92 Å². The van der Waals surface area contributed by atoms with Gasteiger partial charge in [-0.1, -0.05) is 29.8 Å². The fourth-order valence-electron chi connectivity index (χ4n) is 1.49. The molecule has 0 bridgehead atoms. The molecule has 2 aromatic rings. The number of benzene rings is 1. The van der Waals surface area contributed by atoms with Gasteiger partial charge in [-0.25, -0.2) is 4.79 Å². The van der Waals surface area contributed by atoms with Crippen molar-refractivity contribution < 1.29 is 9.59 Å². The first-order valence-electron chi connectivity index (χ1n) is 5.95. The molecule has 0 spiro atoms. The van der Waals surface area contributed by atoms with Crippen molar-refractivity contribution in [1.82, 2.24) is 30.8 Å². The molecular weight excluding hydrogens is 260 g/mol. The number of aryl methyl sites for hydroxylation is 1. The highest BCUT2D eigenvalue weighted by Crippen LogP contribution is 2.13. The van der Waals surface area contributed by atoms with Crippen LogP contribution in [0.25, 0.3) is 11.4 Å². The van der Waals surface area contributed by atoms with Crippen molar-refractivity contribution in [3.63, 3.8) is 0 Å². The van der Waals surface area contributed by atoms with Gasteiger partial charge < -0.3 is 5.32 Å². The Morgan fingerprint density at radius 3 is 2.60 bits per heavy atom. The lowest BCUT2D eigenvalue weighted by Gasteiger charge is -2.01. The number of nitrogens with zero attached hydrogens (tertiary/aromatic N) is 4. The van der Waals surface area contributed by atoms with Gasteiger partial charge >= 0.3 is 6.03 Å². The second-order valence-electron chi connectivity index (χ2n) is 4.14. The van der Waals surface area contributed by atoms with E-state index in [-0.39, 0.29) is 6.54 Å². The van der Waals surface area contributed by atoms with Gasteiger partial charge in [0.2, 0.25) is 5.82 Å². The second-order valence-corrected chi connectivity index (χ2v) is 4.14. The predicted octanol–water partition coefficient (Wildman–Crippen LogP) is 0.104. The Balaban J connectivity index is 2.04. The smallest absolute Gasteiger partial charge is 0.321 e. The minimum Gasteiger partial charge on any atom is -0.341 e. The standard InChI is InChI=1S/C12H14N6O2/c1-8-3-5-9(6-4-8)11-15-17-18(16-11)7-10(19)14-12(20)13-2/h3-6H,7H2,1-2H3,(H2,13,14,19,20). The van der Waals surface area contributed by atoms with Crippen molar-refractivity contribution in [1.29, 1.82) is 0 Å². The first kappa shape index (κ1) is 13.7. The fourth-order valence-corrected chi connectivity index (χ4v) is 1.49. The number of imide groups is 1. The van der Waals surface area contributed by atoms with Gasteiger partial charge in [-0.2, -0.15) is 4.80 Å². The zero-order valence-electron chi connectivity index (χ0n) is 11.1. The molecule has 0 atom stereocenters. The highest BCUT2D eigenvalue weighted by molar-refractivity contribution is 5.93. The van der Waals surface area contributed by atoms with E-state index in [0.717, 1.165) is 15.9 Å². The van der Waals surface area contributed by atoms with Crippen LogP contribution in [-0.2, 0) is 11.3 Å². The summed E-state index contributed by atoms with van der Waals surface area (Å²) in [7, 11) is 1.42. The Morgan fingerprint density at radius 1 is 1.25 bits per heavy atom. The molecule has 0 saturated heterocycles. The maximum atomic E-state index is 11.5. The molecule has 0 aliphatic heterocycles. The van der Waals surface area contributed by atoms with Crippen molar-refractivity contribution in [2.75, 3.05) is 7.05 Å². The van der Waals surface area contributed by atoms with Crippen molar-refractivity contribution in [2.24, 2.45) is 0 Å². The van der Waals surface area contributed by atoms with Gasteiger partial charge in [-0.3, -0.25) is 10.1 Å². The Labute approximate surface area is 115 Å². The molecule has 1 heterocycles. The van der Waals surface area contributed by atoms with Gasteiger partial charge in [0.1, 0.15) is 6.54 Å². The predicted molar refractivity (Wildman–Crippen MR) is 70.6 cm³/mol. The fraction of sp³-hybridized carbons (Fsp3) is 0.250. The van der Waals surface area contributed by atoms with Gasteiger partial charge in [0.05, 0.1) is 0 Å². The van der Waals surface area contributed by atoms with E-state index >= 15 is 0 Å². The van der Waals surface area contributed by atoms with Gasteiger partial charge in [-0.05, 0) is 12.1 Å². The van der Waals surface area contributed by atoms with Crippen LogP contribution in [0.1, 0.15) is 5.56 Å². The minimum atomic E-state index is -0.575. The second kappa shape index (κ2) is 5.91. The summed E-state index contributed by atoms with van der Waals surface area (Å²) in [5.41, 5.74) is 1.94. The first-order valence-corrected chi connectivity index (χ1v) is 5.95. The largest absolute Gasteiger partial charge is 0.341 e. The molecule has 1 aromatic heterocycles. The van der Waals surface area contributed by atoms with Crippen molar-refractivity contribution in [3.8, 4) is 11.4 Å². The third kappa shape index (κ3) is 3.37. The quantitative estimate of drug-likeness (QED) is 0.826. The van der Waals surface area contributed by atoms with E-state index in [9.17, 15) is 9.59 Å². The Hall–Kier alpha value is -2.77. The summed E-state index contributed by atoms with van der Waals surface area (Å²) in [5, 5.41) is 16.1. The monoisotopic (exact) mass is 274 g/mol. The summed E-state index contributed by atoms with van der Waals surface area (Å²) in [6, 6.07) is 7.06. The molecule has 2 N–H and O–H groups in total. The van der Waals surface area contributed by atoms with E-state index in [1.807, 2.05) is 31.2 Å². The van der Waals surface area contributed by atoms with Gasteiger partial charge in [-0.15, -0.1) is 10.2 Å². The number of hydrogen-bond donors (Lipinski definition) is 2. The third-order valence-electron chi connectivity index (χ3n) is 2.53. The molecule has 8 heteroatoms. The number of carbonyl (C=O) groups excluding carboxylic acids is 2. The van der Waals surface area contributed by atoms with Gasteiger partial charge in [0.15, 0.2) is 0 Å². The third-order valence-corrected chi connectivity index (χ3v) is 2.53. The maximum Gasteiger partial charge on any atom is 0.321 e. The van der Waals surface area contributed by atoms with Crippen molar-refractivity contribution >= 4 is 11.9 Å². The van der Waals surface area contributed by atoms with Crippen LogP contribution in [0.5, 0.6) is 0 Å². The molecule has 0 unspecified atom stereocenters. The normalized spacial score (nSPS) is 10.1. The average molecular weight is 274 g/mol. The van der Waals surface area contributed by atoms with E-state index in [2.05, 4.69) is 26.0 Å². The summed E-state index contributed by atoms with van der Waals surface area (Å²) < 4.78 is 0. The van der Waals surface area contributed by atoms with Crippen molar-refractivity contribution in [2.45, 2.75) is 13.5 Å². The van der Waals surface area contributed by atoms with Crippen LogP contribution in [0.4, 0.5) is 4.79 Å². The van der Waals surface area contributed by atoms with Crippen LogP contribution < -0.4 is 10.6 Å².